The Morgan fingerprint density at radius 1 is 1.20 bits per heavy atom. The minimum atomic E-state index is 0. The zero-order chi connectivity index (χ0) is 16.8. The predicted octanol–water partition coefficient (Wildman–Crippen LogP) is 4.18. The summed E-state index contributed by atoms with van der Waals surface area (Å²) in [4.78, 5) is 7.40. The van der Waals surface area contributed by atoms with E-state index in [4.69, 9.17) is 9.73 Å². The zero-order valence-corrected chi connectivity index (χ0v) is 17.9. The van der Waals surface area contributed by atoms with Gasteiger partial charge in [-0.3, -0.25) is 0 Å². The molecular weight excluding hydrogens is 425 g/mol. The normalized spacial score (nSPS) is 18.8. The van der Waals surface area contributed by atoms with E-state index in [1.54, 1.807) is 0 Å². The monoisotopic (exact) mass is 457 g/mol. The highest BCUT2D eigenvalue weighted by molar-refractivity contribution is 14.0. The zero-order valence-electron chi connectivity index (χ0n) is 15.6. The van der Waals surface area contributed by atoms with Gasteiger partial charge in [-0.1, -0.05) is 30.7 Å². The van der Waals surface area contributed by atoms with Crippen LogP contribution in [0.15, 0.2) is 29.3 Å². The van der Waals surface area contributed by atoms with Crippen molar-refractivity contribution in [3.63, 3.8) is 0 Å². The van der Waals surface area contributed by atoms with Gasteiger partial charge in [0, 0.05) is 26.2 Å². The minimum Gasteiger partial charge on any atom is -0.377 e. The maximum absolute atomic E-state index is 5.59. The van der Waals surface area contributed by atoms with E-state index in [1.807, 2.05) is 6.92 Å². The molecule has 25 heavy (non-hydrogen) atoms. The third-order valence-electron chi connectivity index (χ3n) is 5.47. The first-order chi connectivity index (χ1) is 11.8. The molecule has 1 aliphatic carbocycles. The van der Waals surface area contributed by atoms with Crippen molar-refractivity contribution in [3.05, 3.63) is 35.4 Å². The van der Waals surface area contributed by atoms with Gasteiger partial charge in [-0.25, -0.2) is 4.99 Å². The molecule has 1 N–H and O–H groups in total. The van der Waals surface area contributed by atoms with Crippen LogP contribution in [0, 0.1) is 5.41 Å². The second-order valence-electron chi connectivity index (χ2n) is 7.10. The molecule has 2 fully saturated rings. The summed E-state index contributed by atoms with van der Waals surface area (Å²) in [6.07, 6.45) is 5.55. The van der Waals surface area contributed by atoms with Gasteiger partial charge in [-0.15, -0.1) is 24.0 Å². The number of guanidine groups is 1. The molecule has 1 heterocycles. The van der Waals surface area contributed by atoms with Gasteiger partial charge < -0.3 is 15.0 Å². The first-order valence-corrected chi connectivity index (χ1v) is 9.44. The quantitative estimate of drug-likeness (QED) is 0.396. The molecule has 140 valence electrons. The molecule has 4 nitrogen and oxygen atoms in total. The van der Waals surface area contributed by atoms with E-state index in [9.17, 15) is 0 Å². The number of hydrogen-bond acceptors (Lipinski definition) is 2. The lowest BCUT2D eigenvalue weighted by Crippen LogP contribution is -2.42. The Labute approximate surface area is 169 Å². The summed E-state index contributed by atoms with van der Waals surface area (Å²) in [6.45, 7) is 9.56. The van der Waals surface area contributed by atoms with Crippen LogP contribution in [0.4, 0.5) is 0 Å². The second kappa shape index (κ2) is 9.76. The molecule has 0 bridgehead atoms. The highest BCUT2D eigenvalue weighted by Gasteiger charge is 2.43. The number of hydrogen-bond donors (Lipinski definition) is 1. The molecule has 1 aliphatic heterocycles. The second-order valence-corrected chi connectivity index (χ2v) is 7.10. The highest BCUT2D eigenvalue weighted by Crippen LogP contribution is 2.47. The van der Waals surface area contributed by atoms with E-state index in [2.05, 4.69) is 41.4 Å². The van der Waals surface area contributed by atoms with E-state index < -0.39 is 0 Å². The number of benzene rings is 1. The van der Waals surface area contributed by atoms with Crippen molar-refractivity contribution in [2.45, 2.75) is 52.7 Å². The molecule has 0 aromatic heterocycles. The fraction of sp³-hybridized carbons (Fsp3) is 0.650. The molecule has 1 aromatic carbocycles. The molecular formula is C20H32IN3O. The smallest absolute Gasteiger partial charge is 0.194 e. The molecule has 0 radical (unpaired) electrons. The van der Waals surface area contributed by atoms with Crippen LogP contribution in [-0.2, 0) is 17.9 Å². The van der Waals surface area contributed by atoms with Crippen LogP contribution in [-0.4, -0.2) is 37.1 Å². The molecule has 1 spiro atoms. The maximum Gasteiger partial charge on any atom is 0.194 e. The van der Waals surface area contributed by atoms with E-state index >= 15 is 0 Å². The summed E-state index contributed by atoms with van der Waals surface area (Å²) in [7, 11) is 0. The number of rotatable bonds is 6. The van der Waals surface area contributed by atoms with Crippen LogP contribution in [0.5, 0.6) is 0 Å². The number of nitrogens with zero attached hydrogens (tertiary/aromatic N) is 2. The standard InChI is InChI=1S/C20H31N3O.HI/c1-3-21-19(23-13-12-20(16-23)10-7-11-20)22-14-17-8-5-6-9-18(17)15-24-4-2;/h5-6,8-9H,3-4,7,10-16H2,1-2H3,(H,21,22);1H. The minimum absolute atomic E-state index is 0. The van der Waals surface area contributed by atoms with Gasteiger partial charge in [0.05, 0.1) is 13.2 Å². The van der Waals surface area contributed by atoms with E-state index in [0.717, 1.165) is 32.2 Å². The molecule has 3 rings (SSSR count). The SMILES string of the molecule is CCNC(=NCc1ccccc1COCC)N1CCC2(CCC2)C1.I. The molecule has 1 aromatic rings. The predicted molar refractivity (Wildman–Crippen MR) is 114 cm³/mol. The Bertz CT molecular complexity index is 572. The first kappa shape index (κ1) is 20.5. The van der Waals surface area contributed by atoms with Crippen molar-refractivity contribution >= 4 is 29.9 Å². The number of halogens is 1. The van der Waals surface area contributed by atoms with Gasteiger partial charge in [0.2, 0.25) is 0 Å². The summed E-state index contributed by atoms with van der Waals surface area (Å²) in [6, 6.07) is 8.48. The number of likely N-dealkylation sites (tertiary alicyclic amines) is 1. The Morgan fingerprint density at radius 3 is 2.56 bits per heavy atom. The van der Waals surface area contributed by atoms with Crippen molar-refractivity contribution in [2.24, 2.45) is 10.4 Å². The van der Waals surface area contributed by atoms with Gasteiger partial charge in [0.1, 0.15) is 0 Å². The summed E-state index contributed by atoms with van der Waals surface area (Å²) in [5.41, 5.74) is 3.11. The van der Waals surface area contributed by atoms with Crippen molar-refractivity contribution in [2.75, 3.05) is 26.2 Å². The lowest BCUT2D eigenvalue weighted by Gasteiger charge is -2.38. The van der Waals surface area contributed by atoms with Crippen LogP contribution in [0.1, 0.15) is 50.7 Å². The van der Waals surface area contributed by atoms with Crippen molar-refractivity contribution in [3.8, 4) is 0 Å². The lowest BCUT2D eigenvalue weighted by molar-refractivity contribution is 0.133. The molecule has 2 aliphatic rings. The number of aliphatic imine (C=N–C) groups is 1. The van der Waals surface area contributed by atoms with Crippen molar-refractivity contribution < 1.29 is 4.74 Å². The van der Waals surface area contributed by atoms with Gasteiger partial charge >= 0.3 is 0 Å². The third-order valence-corrected chi connectivity index (χ3v) is 5.47. The third kappa shape index (κ3) is 5.09. The van der Waals surface area contributed by atoms with Crippen LogP contribution in [0.3, 0.4) is 0 Å². The maximum atomic E-state index is 5.59. The van der Waals surface area contributed by atoms with Gasteiger partial charge in [-0.05, 0) is 49.7 Å². The Balaban J connectivity index is 0.00000225. The lowest BCUT2D eigenvalue weighted by atomic mass is 9.68. The van der Waals surface area contributed by atoms with Crippen LogP contribution in [0.25, 0.3) is 0 Å². The molecule has 0 amide bonds. The summed E-state index contributed by atoms with van der Waals surface area (Å²) < 4.78 is 5.59. The Kier molecular flexibility index (Phi) is 8.00. The van der Waals surface area contributed by atoms with E-state index in [-0.39, 0.29) is 24.0 Å². The van der Waals surface area contributed by atoms with E-state index in [1.165, 1.54) is 43.4 Å². The molecule has 0 atom stereocenters. The first-order valence-electron chi connectivity index (χ1n) is 9.44. The summed E-state index contributed by atoms with van der Waals surface area (Å²) in [5, 5.41) is 3.49. The van der Waals surface area contributed by atoms with Gasteiger partial charge in [-0.2, -0.15) is 0 Å². The summed E-state index contributed by atoms with van der Waals surface area (Å²) in [5.74, 6) is 1.08. The van der Waals surface area contributed by atoms with Crippen molar-refractivity contribution in [1.82, 2.24) is 10.2 Å². The van der Waals surface area contributed by atoms with Gasteiger partial charge in [0.25, 0.3) is 0 Å². The topological polar surface area (TPSA) is 36.9 Å². The van der Waals surface area contributed by atoms with Crippen molar-refractivity contribution in [1.29, 1.82) is 0 Å². The summed E-state index contributed by atoms with van der Waals surface area (Å²) >= 11 is 0. The average Bonchev–Trinajstić information content (AvgIpc) is 3.03. The Morgan fingerprint density at radius 2 is 1.96 bits per heavy atom. The largest absolute Gasteiger partial charge is 0.377 e. The molecule has 0 unspecified atom stereocenters. The molecule has 5 heteroatoms. The van der Waals surface area contributed by atoms with Gasteiger partial charge in [0.15, 0.2) is 5.96 Å². The Hall–Kier alpha value is -0.820. The number of ether oxygens (including phenoxy) is 1. The highest BCUT2D eigenvalue weighted by atomic mass is 127. The number of nitrogens with one attached hydrogen (secondary N) is 1. The van der Waals surface area contributed by atoms with Crippen LogP contribution >= 0.6 is 24.0 Å². The fourth-order valence-electron chi connectivity index (χ4n) is 3.85. The molecule has 1 saturated carbocycles. The van der Waals surface area contributed by atoms with E-state index in [0.29, 0.717) is 12.0 Å². The molecule has 1 saturated heterocycles. The average molecular weight is 457 g/mol. The fourth-order valence-corrected chi connectivity index (χ4v) is 3.85. The van der Waals surface area contributed by atoms with Crippen LogP contribution in [0.2, 0.25) is 0 Å². The van der Waals surface area contributed by atoms with Crippen LogP contribution < -0.4 is 5.32 Å².